The van der Waals surface area contributed by atoms with Crippen LogP contribution in [0.4, 0.5) is 0 Å². The normalized spacial score (nSPS) is 16.8. The summed E-state index contributed by atoms with van der Waals surface area (Å²) < 4.78 is 6.92. The Hall–Kier alpha value is -2.32. The van der Waals surface area contributed by atoms with Gasteiger partial charge in [-0.1, -0.05) is 0 Å². The number of hydrogen-bond donors (Lipinski definition) is 1. The highest BCUT2D eigenvalue weighted by Crippen LogP contribution is 2.14. The third-order valence-corrected chi connectivity index (χ3v) is 4.07. The SMILES string of the molecule is Cc1cc(C(=O)N[C@@H](C)CN2CCOCC2)ccc1-n1cnnn1. The molecule has 1 N–H and O–H groups in total. The number of aryl methyl sites for hydroxylation is 1. The van der Waals surface area contributed by atoms with Crippen LogP contribution in [0.5, 0.6) is 0 Å². The first-order valence-electron chi connectivity index (χ1n) is 8.08. The zero-order chi connectivity index (χ0) is 16.9. The predicted octanol–water partition coefficient (Wildman–Crippen LogP) is 0.421. The van der Waals surface area contributed by atoms with Crippen molar-refractivity contribution in [3.05, 3.63) is 35.7 Å². The van der Waals surface area contributed by atoms with Gasteiger partial charge < -0.3 is 10.1 Å². The quantitative estimate of drug-likeness (QED) is 0.855. The number of amides is 1. The maximum absolute atomic E-state index is 12.4. The molecular weight excluding hydrogens is 308 g/mol. The highest BCUT2D eigenvalue weighted by atomic mass is 16.5. The number of rotatable bonds is 5. The molecule has 0 bridgehead atoms. The minimum absolute atomic E-state index is 0.0675. The van der Waals surface area contributed by atoms with E-state index in [2.05, 4.69) is 25.7 Å². The zero-order valence-electron chi connectivity index (χ0n) is 14.0. The van der Waals surface area contributed by atoms with Gasteiger partial charge in [0.1, 0.15) is 6.33 Å². The van der Waals surface area contributed by atoms with Crippen LogP contribution in [0.15, 0.2) is 24.5 Å². The Kier molecular flexibility index (Phi) is 5.17. The number of aromatic nitrogens is 4. The average Bonchev–Trinajstić information content (AvgIpc) is 3.09. The molecule has 0 unspecified atom stereocenters. The number of ether oxygens (including phenoxy) is 1. The standard InChI is InChI=1S/C16H22N6O2/c1-12-9-14(3-4-15(12)22-11-17-19-20-22)16(23)18-13(2)10-21-5-7-24-8-6-21/h3-4,9,11,13H,5-8,10H2,1-2H3,(H,18,23)/t13-/m0/s1. The molecule has 2 heterocycles. The fraction of sp³-hybridized carbons (Fsp3) is 0.500. The van der Waals surface area contributed by atoms with E-state index in [1.54, 1.807) is 10.7 Å². The summed E-state index contributed by atoms with van der Waals surface area (Å²) in [6.07, 6.45) is 1.53. The number of carbonyl (C=O) groups excluding carboxylic acids is 1. The first-order chi connectivity index (χ1) is 11.6. The second kappa shape index (κ2) is 7.50. The van der Waals surface area contributed by atoms with E-state index in [4.69, 9.17) is 4.74 Å². The predicted molar refractivity (Wildman–Crippen MR) is 88.1 cm³/mol. The van der Waals surface area contributed by atoms with Gasteiger partial charge in [-0.2, -0.15) is 0 Å². The molecule has 0 aliphatic carbocycles. The molecule has 1 saturated heterocycles. The van der Waals surface area contributed by atoms with Crippen molar-refractivity contribution in [2.75, 3.05) is 32.8 Å². The molecule has 1 aromatic heterocycles. The lowest BCUT2D eigenvalue weighted by molar-refractivity contribution is 0.0342. The van der Waals surface area contributed by atoms with Gasteiger partial charge in [0, 0.05) is 31.2 Å². The van der Waals surface area contributed by atoms with Gasteiger partial charge in [0.2, 0.25) is 0 Å². The molecule has 3 rings (SSSR count). The lowest BCUT2D eigenvalue weighted by Gasteiger charge is -2.29. The molecule has 128 valence electrons. The Labute approximate surface area is 140 Å². The number of carbonyl (C=O) groups is 1. The van der Waals surface area contributed by atoms with E-state index < -0.39 is 0 Å². The van der Waals surface area contributed by atoms with Gasteiger partial charge in [-0.15, -0.1) is 5.10 Å². The monoisotopic (exact) mass is 330 g/mol. The minimum Gasteiger partial charge on any atom is -0.379 e. The third kappa shape index (κ3) is 3.95. The van der Waals surface area contributed by atoms with E-state index in [0.717, 1.165) is 44.1 Å². The van der Waals surface area contributed by atoms with E-state index in [-0.39, 0.29) is 11.9 Å². The van der Waals surface area contributed by atoms with Crippen molar-refractivity contribution in [2.45, 2.75) is 19.9 Å². The fourth-order valence-corrected chi connectivity index (χ4v) is 2.85. The van der Waals surface area contributed by atoms with Gasteiger partial charge in [0.15, 0.2) is 0 Å². The van der Waals surface area contributed by atoms with Crippen LogP contribution >= 0.6 is 0 Å². The number of morpholine rings is 1. The maximum atomic E-state index is 12.4. The molecule has 0 radical (unpaired) electrons. The Bertz CT molecular complexity index is 682. The third-order valence-electron chi connectivity index (χ3n) is 4.07. The molecule has 1 atom stereocenters. The van der Waals surface area contributed by atoms with E-state index >= 15 is 0 Å². The van der Waals surface area contributed by atoms with Crippen LogP contribution in [0.2, 0.25) is 0 Å². The van der Waals surface area contributed by atoms with Crippen LogP contribution < -0.4 is 5.32 Å². The summed E-state index contributed by atoms with van der Waals surface area (Å²) in [5.41, 5.74) is 2.44. The second-order valence-corrected chi connectivity index (χ2v) is 6.04. The minimum atomic E-state index is -0.0675. The second-order valence-electron chi connectivity index (χ2n) is 6.04. The van der Waals surface area contributed by atoms with E-state index in [9.17, 15) is 4.79 Å². The molecule has 1 aromatic carbocycles. The van der Waals surface area contributed by atoms with E-state index in [1.165, 1.54) is 6.33 Å². The summed E-state index contributed by atoms with van der Waals surface area (Å²) in [7, 11) is 0. The smallest absolute Gasteiger partial charge is 0.251 e. The molecule has 2 aromatic rings. The number of hydrogen-bond acceptors (Lipinski definition) is 6. The summed E-state index contributed by atoms with van der Waals surface area (Å²) >= 11 is 0. The van der Waals surface area contributed by atoms with E-state index in [1.807, 2.05) is 26.0 Å². The summed E-state index contributed by atoms with van der Waals surface area (Å²) in [5.74, 6) is -0.0675. The van der Waals surface area contributed by atoms with Crippen molar-refractivity contribution in [1.29, 1.82) is 0 Å². The van der Waals surface area contributed by atoms with Crippen LogP contribution in [0.1, 0.15) is 22.8 Å². The van der Waals surface area contributed by atoms with Crippen molar-refractivity contribution in [3.63, 3.8) is 0 Å². The van der Waals surface area contributed by atoms with E-state index in [0.29, 0.717) is 5.56 Å². The highest BCUT2D eigenvalue weighted by Gasteiger charge is 2.16. The lowest BCUT2D eigenvalue weighted by atomic mass is 10.1. The Morgan fingerprint density at radius 1 is 1.38 bits per heavy atom. The summed E-state index contributed by atoms with van der Waals surface area (Å²) in [5, 5.41) is 14.2. The van der Waals surface area contributed by atoms with Crippen LogP contribution in [0.3, 0.4) is 0 Å². The number of nitrogens with one attached hydrogen (secondary N) is 1. The molecule has 8 nitrogen and oxygen atoms in total. The fourth-order valence-electron chi connectivity index (χ4n) is 2.85. The van der Waals surface area contributed by atoms with Crippen molar-refractivity contribution in [2.24, 2.45) is 0 Å². The molecular formula is C16H22N6O2. The van der Waals surface area contributed by atoms with Gasteiger partial charge in [-0.05, 0) is 48.0 Å². The Balaban J connectivity index is 1.61. The number of tetrazole rings is 1. The van der Waals surface area contributed by atoms with Gasteiger partial charge in [-0.25, -0.2) is 4.68 Å². The molecule has 8 heteroatoms. The molecule has 0 spiro atoms. The molecule has 1 aliphatic heterocycles. The van der Waals surface area contributed by atoms with Crippen molar-refractivity contribution >= 4 is 5.91 Å². The van der Waals surface area contributed by atoms with Gasteiger partial charge in [0.05, 0.1) is 18.9 Å². The van der Waals surface area contributed by atoms with Crippen molar-refractivity contribution in [3.8, 4) is 5.69 Å². The Morgan fingerprint density at radius 2 is 2.17 bits per heavy atom. The largest absolute Gasteiger partial charge is 0.379 e. The number of benzene rings is 1. The van der Waals surface area contributed by atoms with Crippen LogP contribution in [0.25, 0.3) is 5.69 Å². The summed E-state index contributed by atoms with van der Waals surface area (Å²) in [6.45, 7) is 8.15. The molecule has 0 saturated carbocycles. The molecule has 1 amide bonds. The maximum Gasteiger partial charge on any atom is 0.251 e. The van der Waals surface area contributed by atoms with Crippen molar-refractivity contribution in [1.82, 2.24) is 30.4 Å². The average molecular weight is 330 g/mol. The topological polar surface area (TPSA) is 85.2 Å². The van der Waals surface area contributed by atoms with Crippen LogP contribution in [-0.4, -0.2) is 69.9 Å². The molecule has 1 fully saturated rings. The summed E-state index contributed by atoms with van der Waals surface area (Å²) in [6, 6.07) is 5.58. The summed E-state index contributed by atoms with van der Waals surface area (Å²) in [4.78, 5) is 14.8. The molecule has 1 aliphatic rings. The van der Waals surface area contributed by atoms with Crippen molar-refractivity contribution < 1.29 is 9.53 Å². The van der Waals surface area contributed by atoms with Crippen LogP contribution in [0, 0.1) is 6.92 Å². The zero-order valence-corrected chi connectivity index (χ0v) is 14.0. The first-order valence-corrected chi connectivity index (χ1v) is 8.08. The lowest BCUT2D eigenvalue weighted by Crippen LogP contribution is -2.46. The first kappa shape index (κ1) is 16.5. The highest BCUT2D eigenvalue weighted by molar-refractivity contribution is 5.94. The van der Waals surface area contributed by atoms with Gasteiger partial charge in [0.25, 0.3) is 5.91 Å². The number of nitrogens with zero attached hydrogens (tertiary/aromatic N) is 5. The molecule has 24 heavy (non-hydrogen) atoms. The Morgan fingerprint density at radius 3 is 2.83 bits per heavy atom. The van der Waals surface area contributed by atoms with Crippen LogP contribution in [-0.2, 0) is 4.74 Å². The van der Waals surface area contributed by atoms with Gasteiger partial charge >= 0.3 is 0 Å². The van der Waals surface area contributed by atoms with Gasteiger partial charge in [-0.3, -0.25) is 9.69 Å².